The van der Waals surface area contributed by atoms with Crippen LogP contribution in [-0.2, 0) is 0 Å². The van der Waals surface area contributed by atoms with Gasteiger partial charge in [0.2, 0.25) is 5.89 Å². The molecule has 1 unspecified atom stereocenters. The molecule has 2 amide bonds. The van der Waals surface area contributed by atoms with E-state index in [-0.39, 0.29) is 11.9 Å². The van der Waals surface area contributed by atoms with Crippen LogP contribution in [-0.4, -0.2) is 39.1 Å². The molecule has 3 heterocycles. The minimum atomic E-state index is -0.0875. The van der Waals surface area contributed by atoms with Crippen LogP contribution < -0.4 is 5.32 Å². The number of likely N-dealkylation sites (tertiary alicyclic amines) is 1. The van der Waals surface area contributed by atoms with Crippen molar-refractivity contribution < 1.29 is 9.32 Å². The number of hydrogen-bond acceptors (Lipinski definition) is 6. The highest BCUT2D eigenvalue weighted by Gasteiger charge is 2.32. The third-order valence-corrected chi connectivity index (χ3v) is 5.14. The molecule has 1 N–H and O–H groups in total. The lowest BCUT2D eigenvalue weighted by Crippen LogP contribution is -2.33. The van der Waals surface area contributed by atoms with Gasteiger partial charge in [0.1, 0.15) is 5.82 Å². The van der Waals surface area contributed by atoms with Crippen LogP contribution in [0, 0.1) is 6.92 Å². The van der Waals surface area contributed by atoms with E-state index < -0.39 is 0 Å². The molecule has 1 aliphatic heterocycles. The molecule has 8 heteroatoms. The van der Waals surface area contributed by atoms with Gasteiger partial charge in [0.05, 0.1) is 10.4 Å². The van der Waals surface area contributed by atoms with Gasteiger partial charge in [-0.05, 0) is 25.2 Å². The van der Waals surface area contributed by atoms with E-state index >= 15 is 0 Å². The van der Waals surface area contributed by atoms with Gasteiger partial charge in [-0.15, -0.1) is 11.3 Å². The molecule has 1 aliphatic carbocycles. The van der Waals surface area contributed by atoms with Gasteiger partial charge in [0.25, 0.3) is 0 Å². The number of nitrogens with zero attached hydrogens (tertiary/aromatic N) is 4. The van der Waals surface area contributed by atoms with E-state index in [4.69, 9.17) is 4.52 Å². The summed E-state index contributed by atoms with van der Waals surface area (Å²) in [6.45, 7) is 3.10. The van der Waals surface area contributed by atoms with Crippen LogP contribution >= 0.6 is 11.3 Å². The molecular formula is C14H17N5O2S. The predicted molar refractivity (Wildman–Crippen MR) is 81.1 cm³/mol. The Hall–Kier alpha value is -1.96. The Bertz CT molecular complexity index is 693. The Kier molecular flexibility index (Phi) is 3.33. The number of nitrogens with one attached hydrogen (secondary N) is 1. The number of aromatic nitrogens is 3. The zero-order chi connectivity index (χ0) is 15.1. The first-order valence-electron chi connectivity index (χ1n) is 7.50. The fourth-order valence-corrected chi connectivity index (χ4v) is 3.72. The highest BCUT2D eigenvalue weighted by molar-refractivity contribution is 7.10. The van der Waals surface area contributed by atoms with E-state index in [0.717, 1.165) is 12.2 Å². The van der Waals surface area contributed by atoms with Crippen molar-refractivity contribution in [2.45, 2.75) is 38.0 Å². The topological polar surface area (TPSA) is 84.2 Å². The number of hydrogen-bond donors (Lipinski definition) is 1. The summed E-state index contributed by atoms with van der Waals surface area (Å²) >= 11 is 1.63. The van der Waals surface area contributed by atoms with Crippen molar-refractivity contribution in [3.8, 4) is 0 Å². The van der Waals surface area contributed by atoms with Crippen LogP contribution in [0.25, 0.3) is 0 Å². The quantitative estimate of drug-likeness (QED) is 0.940. The maximum Gasteiger partial charge on any atom is 0.323 e. The number of aryl methyl sites for hydroxylation is 1. The molecule has 4 rings (SSSR count). The molecule has 2 aromatic rings. The average Bonchev–Trinajstić information content (AvgIpc) is 2.94. The number of thiazole rings is 1. The normalized spacial score (nSPS) is 21.3. The molecule has 2 fully saturated rings. The average molecular weight is 319 g/mol. The largest absolute Gasteiger partial charge is 0.340 e. The number of carbonyl (C=O) groups excluding carboxylic acids is 1. The third-order valence-electron chi connectivity index (χ3n) is 4.15. The summed E-state index contributed by atoms with van der Waals surface area (Å²) in [5, 5.41) is 6.91. The van der Waals surface area contributed by atoms with Gasteiger partial charge in [-0.3, -0.25) is 5.32 Å². The van der Waals surface area contributed by atoms with Gasteiger partial charge in [0.15, 0.2) is 5.82 Å². The van der Waals surface area contributed by atoms with E-state index in [1.165, 1.54) is 17.7 Å². The number of rotatable bonds is 3. The Balaban J connectivity index is 1.40. The summed E-state index contributed by atoms with van der Waals surface area (Å²) in [5.74, 6) is 2.74. The number of anilines is 1. The standard InChI is InChI=1S/C14H17N5O2S/c1-8-16-12(18-21-8)10-4-5-19(6-10)14(20)17-13-11(9-2-3-9)22-7-15-13/h7,9-10H,2-6H2,1H3,(H,17,20). The number of carbonyl (C=O) groups is 1. The highest BCUT2D eigenvalue weighted by atomic mass is 32.1. The van der Waals surface area contributed by atoms with Crippen LogP contribution in [0.5, 0.6) is 0 Å². The third kappa shape index (κ3) is 2.58. The molecule has 0 aromatic carbocycles. The molecule has 2 aliphatic rings. The molecular weight excluding hydrogens is 302 g/mol. The van der Waals surface area contributed by atoms with Gasteiger partial charge >= 0.3 is 6.03 Å². The molecule has 1 saturated heterocycles. The van der Waals surface area contributed by atoms with Gasteiger partial charge in [-0.25, -0.2) is 9.78 Å². The second-order valence-electron chi connectivity index (χ2n) is 5.87. The Labute approximate surface area is 131 Å². The molecule has 7 nitrogen and oxygen atoms in total. The lowest BCUT2D eigenvalue weighted by atomic mass is 10.1. The fraction of sp³-hybridized carbons (Fsp3) is 0.571. The zero-order valence-corrected chi connectivity index (χ0v) is 13.1. The van der Waals surface area contributed by atoms with E-state index in [0.29, 0.717) is 30.7 Å². The van der Waals surface area contributed by atoms with Crippen molar-refractivity contribution in [2.75, 3.05) is 18.4 Å². The van der Waals surface area contributed by atoms with Gasteiger partial charge in [-0.2, -0.15) is 4.98 Å². The summed E-state index contributed by atoms with van der Waals surface area (Å²) < 4.78 is 5.02. The maximum absolute atomic E-state index is 12.4. The molecule has 116 valence electrons. The van der Waals surface area contributed by atoms with E-state index in [1.54, 1.807) is 28.7 Å². The first kappa shape index (κ1) is 13.7. The zero-order valence-electron chi connectivity index (χ0n) is 12.3. The number of amides is 2. The summed E-state index contributed by atoms with van der Waals surface area (Å²) in [4.78, 5) is 24.0. The van der Waals surface area contributed by atoms with Crippen molar-refractivity contribution in [1.29, 1.82) is 0 Å². The van der Waals surface area contributed by atoms with Crippen molar-refractivity contribution in [1.82, 2.24) is 20.0 Å². The molecule has 0 radical (unpaired) electrons. The van der Waals surface area contributed by atoms with Crippen LogP contribution in [0.1, 0.15) is 47.7 Å². The second-order valence-corrected chi connectivity index (χ2v) is 6.76. The second kappa shape index (κ2) is 5.35. The van der Waals surface area contributed by atoms with Crippen molar-refractivity contribution in [3.63, 3.8) is 0 Å². The molecule has 1 atom stereocenters. The van der Waals surface area contributed by atoms with Crippen molar-refractivity contribution in [2.24, 2.45) is 0 Å². The molecule has 0 spiro atoms. The van der Waals surface area contributed by atoms with Crippen LogP contribution in [0.3, 0.4) is 0 Å². The summed E-state index contributed by atoms with van der Waals surface area (Å²) in [5.41, 5.74) is 1.80. The maximum atomic E-state index is 12.4. The minimum Gasteiger partial charge on any atom is -0.340 e. The van der Waals surface area contributed by atoms with Crippen LogP contribution in [0.4, 0.5) is 10.6 Å². The molecule has 0 bridgehead atoms. The predicted octanol–water partition coefficient (Wildman–Crippen LogP) is 2.73. The smallest absolute Gasteiger partial charge is 0.323 e. The van der Waals surface area contributed by atoms with Crippen molar-refractivity contribution in [3.05, 3.63) is 22.1 Å². The lowest BCUT2D eigenvalue weighted by molar-refractivity contribution is 0.221. The fourth-order valence-electron chi connectivity index (χ4n) is 2.80. The highest BCUT2D eigenvalue weighted by Crippen LogP contribution is 2.45. The SMILES string of the molecule is Cc1nc(C2CCN(C(=O)Nc3ncsc3C3CC3)C2)no1. The molecule has 22 heavy (non-hydrogen) atoms. The first-order chi connectivity index (χ1) is 10.7. The number of urea groups is 1. The van der Waals surface area contributed by atoms with Gasteiger partial charge in [0, 0.05) is 25.9 Å². The monoisotopic (exact) mass is 319 g/mol. The summed E-state index contributed by atoms with van der Waals surface area (Å²) in [6.07, 6.45) is 3.26. The van der Waals surface area contributed by atoms with E-state index in [9.17, 15) is 4.79 Å². The summed E-state index contributed by atoms with van der Waals surface area (Å²) in [6, 6.07) is -0.0875. The molecule has 2 aromatic heterocycles. The first-order valence-corrected chi connectivity index (χ1v) is 8.38. The summed E-state index contributed by atoms with van der Waals surface area (Å²) in [7, 11) is 0. The van der Waals surface area contributed by atoms with Gasteiger partial charge < -0.3 is 9.42 Å². The Morgan fingerprint density at radius 1 is 1.41 bits per heavy atom. The van der Waals surface area contributed by atoms with Crippen molar-refractivity contribution >= 4 is 23.2 Å². The van der Waals surface area contributed by atoms with E-state index in [2.05, 4.69) is 20.4 Å². The Morgan fingerprint density at radius 3 is 3.00 bits per heavy atom. The van der Waals surface area contributed by atoms with Crippen LogP contribution in [0.15, 0.2) is 10.0 Å². The van der Waals surface area contributed by atoms with Crippen LogP contribution in [0.2, 0.25) is 0 Å². The van der Waals surface area contributed by atoms with Gasteiger partial charge in [-0.1, -0.05) is 5.16 Å². The molecule has 1 saturated carbocycles. The minimum absolute atomic E-state index is 0.0875. The lowest BCUT2D eigenvalue weighted by Gasteiger charge is -2.16. The Morgan fingerprint density at radius 2 is 2.27 bits per heavy atom. The van der Waals surface area contributed by atoms with E-state index in [1.807, 2.05) is 0 Å².